The number of hydrogen-bond donors (Lipinski definition) is 0. The summed E-state index contributed by atoms with van der Waals surface area (Å²) < 4.78 is 0. The molecule has 2 aromatic rings. The lowest BCUT2D eigenvalue weighted by Gasteiger charge is -2.45. The minimum absolute atomic E-state index is 0.0210. The van der Waals surface area contributed by atoms with E-state index in [0.29, 0.717) is 6.54 Å². The monoisotopic (exact) mass is 454 g/mol. The minimum Gasteiger partial charge on any atom is -0.369 e. The minimum atomic E-state index is -0.402. The molecule has 0 radical (unpaired) electrons. The highest BCUT2D eigenvalue weighted by atomic mass is 35.5. The van der Waals surface area contributed by atoms with Crippen LogP contribution in [0.2, 0.25) is 5.02 Å². The van der Waals surface area contributed by atoms with Gasteiger partial charge in [0, 0.05) is 67.6 Å². The number of halogens is 1. The summed E-state index contributed by atoms with van der Waals surface area (Å²) in [4.78, 5) is 22.6. The zero-order valence-electron chi connectivity index (χ0n) is 19.7. The molecule has 0 bridgehead atoms. The van der Waals surface area contributed by atoms with Crippen LogP contribution in [0.4, 0.5) is 11.4 Å². The summed E-state index contributed by atoms with van der Waals surface area (Å²) in [7, 11) is 2.18. The van der Waals surface area contributed by atoms with E-state index in [4.69, 9.17) is 11.6 Å². The average molecular weight is 455 g/mol. The standard InChI is InChI=1S/C26H35ClN4O/c1-26(2,3)25(32)31-18-17-30(23-11-7-21(27)8-12-23)19-24(31)20-5-9-22(10-6-20)29-15-13-28(4)14-16-29/h5-12,24H,13-19H2,1-4H3. The predicted molar refractivity (Wildman–Crippen MR) is 134 cm³/mol. The van der Waals surface area contributed by atoms with Crippen molar-refractivity contribution < 1.29 is 4.79 Å². The Morgan fingerprint density at radius 3 is 1.94 bits per heavy atom. The molecule has 6 heteroatoms. The second-order valence-corrected chi connectivity index (χ2v) is 10.5. The van der Waals surface area contributed by atoms with Crippen LogP contribution in [0.3, 0.4) is 0 Å². The van der Waals surface area contributed by atoms with E-state index in [9.17, 15) is 4.79 Å². The average Bonchev–Trinajstić information content (AvgIpc) is 2.79. The van der Waals surface area contributed by atoms with Crippen molar-refractivity contribution in [3.05, 3.63) is 59.1 Å². The molecule has 5 nitrogen and oxygen atoms in total. The SMILES string of the molecule is CN1CCN(c2ccc(C3CN(c4ccc(Cl)cc4)CCN3C(=O)C(C)(C)C)cc2)CC1. The van der Waals surface area contributed by atoms with Gasteiger partial charge in [0.2, 0.25) is 5.91 Å². The van der Waals surface area contributed by atoms with E-state index < -0.39 is 5.41 Å². The number of carbonyl (C=O) groups is 1. The molecule has 172 valence electrons. The largest absolute Gasteiger partial charge is 0.369 e. The quantitative estimate of drug-likeness (QED) is 0.681. The van der Waals surface area contributed by atoms with Gasteiger partial charge in [-0.15, -0.1) is 0 Å². The van der Waals surface area contributed by atoms with Crippen molar-refractivity contribution >= 4 is 28.9 Å². The molecule has 1 amide bonds. The van der Waals surface area contributed by atoms with Crippen molar-refractivity contribution in [1.29, 1.82) is 0 Å². The highest BCUT2D eigenvalue weighted by molar-refractivity contribution is 6.30. The fourth-order valence-corrected chi connectivity index (χ4v) is 4.73. The number of nitrogens with zero attached hydrogens (tertiary/aromatic N) is 4. The first-order valence-electron chi connectivity index (χ1n) is 11.6. The highest BCUT2D eigenvalue weighted by Crippen LogP contribution is 2.33. The van der Waals surface area contributed by atoms with Crippen LogP contribution in [0.25, 0.3) is 0 Å². The molecule has 0 saturated carbocycles. The molecule has 0 N–H and O–H groups in total. The third-order valence-electron chi connectivity index (χ3n) is 6.62. The van der Waals surface area contributed by atoms with Crippen LogP contribution in [-0.2, 0) is 4.79 Å². The molecule has 2 saturated heterocycles. The number of carbonyl (C=O) groups excluding carboxylic acids is 1. The van der Waals surface area contributed by atoms with Gasteiger partial charge < -0.3 is 19.6 Å². The van der Waals surface area contributed by atoms with Crippen molar-refractivity contribution in [3.63, 3.8) is 0 Å². The fourth-order valence-electron chi connectivity index (χ4n) is 4.60. The summed E-state index contributed by atoms with van der Waals surface area (Å²) >= 11 is 6.10. The van der Waals surface area contributed by atoms with Crippen molar-refractivity contribution in [2.75, 3.05) is 62.7 Å². The van der Waals surface area contributed by atoms with Gasteiger partial charge in [-0.2, -0.15) is 0 Å². The van der Waals surface area contributed by atoms with Gasteiger partial charge in [0.05, 0.1) is 6.04 Å². The maximum atomic E-state index is 13.3. The number of amides is 1. The van der Waals surface area contributed by atoms with E-state index in [0.717, 1.165) is 50.0 Å². The lowest BCUT2D eigenvalue weighted by molar-refractivity contribution is -0.142. The Morgan fingerprint density at radius 2 is 1.34 bits per heavy atom. The Morgan fingerprint density at radius 1 is 0.812 bits per heavy atom. The van der Waals surface area contributed by atoms with Gasteiger partial charge in [-0.1, -0.05) is 44.5 Å². The van der Waals surface area contributed by atoms with Gasteiger partial charge in [-0.3, -0.25) is 4.79 Å². The zero-order valence-corrected chi connectivity index (χ0v) is 20.5. The Kier molecular flexibility index (Phi) is 6.68. The Bertz CT molecular complexity index is 914. The maximum Gasteiger partial charge on any atom is 0.228 e. The number of likely N-dealkylation sites (N-methyl/N-ethyl adjacent to an activating group) is 1. The van der Waals surface area contributed by atoms with E-state index in [1.807, 2.05) is 32.9 Å². The van der Waals surface area contributed by atoms with Crippen LogP contribution >= 0.6 is 11.6 Å². The van der Waals surface area contributed by atoms with Gasteiger partial charge in [0.1, 0.15) is 0 Å². The number of anilines is 2. The first-order valence-corrected chi connectivity index (χ1v) is 12.0. The predicted octanol–water partition coefficient (Wildman–Crippen LogP) is 4.53. The van der Waals surface area contributed by atoms with Crippen molar-refractivity contribution in [3.8, 4) is 0 Å². The molecule has 2 aromatic carbocycles. The fraction of sp³-hybridized carbons (Fsp3) is 0.500. The summed E-state index contributed by atoms with van der Waals surface area (Å²) in [6.07, 6.45) is 0. The Balaban J connectivity index is 1.58. The summed E-state index contributed by atoms with van der Waals surface area (Å²) in [5.41, 5.74) is 3.21. The lowest BCUT2D eigenvalue weighted by atomic mass is 9.91. The summed E-state index contributed by atoms with van der Waals surface area (Å²) in [5, 5.41) is 0.742. The van der Waals surface area contributed by atoms with Crippen LogP contribution in [0, 0.1) is 5.41 Å². The van der Waals surface area contributed by atoms with Crippen LogP contribution in [0.5, 0.6) is 0 Å². The summed E-state index contributed by atoms with van der Waals surface area (Å²) in [6, 6.07) is 16.9. The molecule has 0 aromatic heterocycles. The van der Waals surface area contributed by atoms with Crippen molar-refractivity contribution in [2.24, 2.45) is 5.41 Å². The van der Waals surface area contributed by atoms with Crippen LogP contribution in [0.1, 0.15) is 32.4 Å². The number of piperazine rings is 2. The van der Waals surface area contributed by atoms with E-state index >= 15 is 0 Å². The number of rotatable bonds is 3. The second kappa shape index (κ2) is 9.32. The maximum absolute atomic E-state index is 13.3. The van der Waals surface area contributed by atoms with Gasteiger partial charge in [0.25, 0.3) is 0 Å². The van der Waals surface area contributed by atoms with Gasteiger partial charge in [-0.05, 0) is 49.0 Å². The number of hydrogen-bond acceptors (Lipinski definition) is 4. The van der Waals surface area contributed by atoms with E-state index in [-0.39, 0.29) is 11.9 Å². The molecular formula is C26H35ClN4O. The lowest BCUT2D eigenvalue weighted by Crippen LogP contribution is -2.53. The number of benzene rings is 2. The molecule has 2 aliphatic heterocycles. The molecule has 2 aliphatic rings. The van der Waals surface area contributed by atoms with Crippen molar-refractivity contribution in [1.82, 2.24) is 9.80 Å². The van der Waals surface area contributed by atoms with Gasteiger partial charge in [0.15, 0.2) is 0 Å². The van der Waals surface area contributed by atoms with Gasteiger partial charge in [-0.25, -0.2) is 0 Å². The first-order chi connectivity index (χ1) is 15.2. The molecule has 1 unspecified atom stereocenters. The highest BCUT2D eigenvalue weighted by Gasteiger charge is 2.36. The molecule has 0 aliphatic carbocycles. The molecule has 2 fully saturated rings. The topological polar surface area (TPSA) is 30.0 Å². The van der Waals surface area contributed by atoms with Gasteiger partial charge >= 0.3 is 0 Å². The van der Waals surface area contributed by atoms with E-state index in [1.54, 1.807) is 0 Å². The summed E-state index contributed by atoms with van der Waals surface area (Å²) in [6.45, 7) is 12.6. The summed E-state index contributed by atoms with van der Waals surface area (Å²) in [5.74, 6) is 0.210. The van der Waals surface area contributed by atoms with Crippen molar-refractivity contribution in [2.45, 2.75) is 26.8 Å². The zero-order chi connectivity index (χ0) is 22.9. The van der Waals surface area contributed by atoms with Crippen LogP contribution in [-0.4, -0.2) is 68.6 Å². The van der Waals surface area contributed by atoms with E-state index in [2.05, 4.69) is 63.0 Å². The van der Waals surface area contributed by atoms with E-state index in [1.165, 1.54) is 11.3 Å². The molecule has 2 heterocycles. The Hall–Kier alpha value is -2.24. The molecule has 32 heavy (non-hydrogen) atoms. The Labute approximate surface area is 197 Å². The molecular weight excluding hydrogens is 420 g/mol. The molecule has 4 rings (SSSR count). The molecule has 0 spiro atoms. The second-order valence-electron chi connectivity index (χ2n) is 10.1. The van der Waals surface area contributed by atoms with Crippen LogP contribution < -0.4 is 9.80 Å². The normalized spacial score (nSPS) is 20.5. The van der Waals surface area contributed by atoms with Crippen LogP contribution in [0.15, 0.2) is 48.5 Å². The third kappa shape index (κ3) is 5.05. The molecule has 1 atom stereocenters. The first kappa shape index (κ1) is 22.9. The third-order valence-corrected chi connectivity index (χ3v) is 6.87. The smallest absolute Gasteiger partial charge is 0.228 e.